The number of carboxylic acids is 1. The van der Waals surface area contributed by atoms with E-state index < -0.39 is 5.97 Å². The summed E-state index contributed by atoms with van der Waals surface area (Å²) in [6.45, 7) is 5.18. The molecule has 0 heterocycles. The average Bonchev–Trinajstić information content (AvgIpc) is 2.46. The Labute approximate surface area is 131 Å². The number of unbranched alkanes of at least 4 members (excludes halogenated alkanes) is 9. The van der Waals surface area contributed by atoms with Crippen LogP contribution < -0.4 is 10.6 Å². The molecule has 0 bridgehead atoms. The maximum atomic E-state index is 10.3. The fraction of sp³-hybridized carbons (Fsp3) is 0.941. The summed E-state index contributed by atoms with van der Waals surface area (Å²) in [6.07, 6.45) is 14.8. The third kappa shape index (κ3) is 19.4. The van der Waals surface area contributed by atoms with Crippen molar-refractivity contribution in [1.82, 2.24) is 10.6 Å². The number of carboxylic acid groups (broad SMARTS) is 1. The lowest BCUT2D eigenvalue weighted by Gasteiger charge is -2.05. The van der Waals surface area contributed by atoms with Gasteiger partial charge >= 0.3 is 5.97 Å². The summed E-state index contributed by atoms with van der Waals surface area (Å²) in [6, 6.07) is 0. The molecule has 0 unspecified atom stereocenters. The van der Waals surface area contributed by atoms with Crippen molar-refractivity contribution in [3.63, 3.8) is 0 Å². The molecule has 0 aliphatic rings. The van der Waals surface area contributed by atoms with Crippen LogP contribution in [0.1, 0.15) is 77.6 Å². The van der Waals surface area contributed by atoms with Crippen LogP contribution >= 0.6 is 0 Å². The summed E-state index contributed by atoms with van der Waals surface area (Å²) in [4.78, 5) is 10.3. The van der Waals surface area contributed by atoms with Gasteiger partial charge in [-0.05, 0) is 32.5 Å². The van der Waals surface area contributed by atoms with Crippen molar-refractivity contribution in [2.45, 2.75) is 77.6 Å². The minimum Gasteiger partial charge on any atom is -0.480 e. The summed E-state index contributed by atoms with van der Waals surface area (Å²) in [5.74, 6) is -0.784. The van der Waals surface area contributed by atoms with E-state index in [-0.39, 0.29) is 6.54 Å². The maximum absolute atomic E-state index is 10.3. The van der Waals surface area contributed by atoms with Crippen molar-refractivity contribution < 1.29 is 9.90 Å². The van der Waals surface area contributed by atoms with Crippen molar-refractivity contribution in [3.8, 4) is 0 Å². The quantitative estimate of drug-likeness (QED) is 0.359. The Bertz CT molecular complexity index is 223. The molecule has 0 saturated heterocycles. The van der Waals surface area contributed by atoms with E-state index in [1.54, 1.807) is 0 Å². The molecule has 0 atom stereocenters. The molecule has 0 rings (SSSR count). The molecule has 0 aromatic carbocycles. The molecule has 0 aromatic rings. The molecular formula is C17H36N2O2. The van der Waals surface area contributed by atoms with Crippen LogP contribution in [0, 0.1) is 0 Å². The van der Waals surface area contributed by atoms with Crippen LogP contribution in [0.25, 0.3) is 0 Å². The predicted octanol–water partition coefficient (Wildman–Crippen LogP) is 3.56. The Hall–Kier alpha value is -0.610. The van der Waals surface area contributed by atoms with E-state index in [2.05, 4.69) is 17.6 Å². The smallest absolute Gasteiger partial charge is 0.317 e. The number of aliphatic carboxylic acids is 1. The summed E-state index contributed by atoms with van der Waals surface area (Å²) < 4.78 is 0. The van der Waals surface area contributed by atoms with Gasteiger partial charge in [0.15, 0.2) is 0 Å². The molecule has 0 aromatic heterocycles. The highest BCUT2D eigenvalue weighted by Gasteiger charge is 1.95. The molecule has 0 radical (unpaired) electrons. The molecule has 21 heavy (non-hydrogen) atoms. The fourth-order valence-electron chi connectivity index (χ4n) is 2.40. The van der Waals surface area contributed by atoms with Gasteiger partial charge in [-0.25, -0.2) is 0 Å². The Kier molecular flexibility index (Phi) is 16.9. The largest absolute Gasteiger partial charge is 0.480 e. The zero-order valence-corrected chi connectivity index (χ0v) is 14.0. The van der Waals surface area contributed by atoms with Gasteiger partial charge in [0.1, 0.15) is 0 Å². The Balaban J connectivity index is 2.95. The molecule has 4 heteroatoms. The van der Waals surface area contributed by atoms with Gasteiger partial charge in [-0.2, -0.15) is 0 Å². The lowest BCUT2D eigenvalue weighted by atomic mass is 10.1. The molecule has 3 N–H and O–H groups in total. The molecule has 0 aliphatic carbocycles. The average molecular weight is 300 g/mol. The second-order valence-electron chi connectivity index (χ2n) is 5.86. The van der Waals surface area contributed by atoms with Crippen molar-refractivity contribution in [2.75, 3.05) is 26.2 Å². The van der Waals surface area contributed by atoms with Crippen LogP contribution in [0.3, 0.4) is 0 Å². The highest BCUT2D eigenvalue weighted by molar-refractivity contribution is 5.68. The monoisotopic (exact) mass is 300 g/mol. The van der Waals surface area contributed by atoms with Gasteiger partial charge in [0, 0.05) is 0 Å². The van der Waals surface area contributed by atoms with Gasteiger partial charge in [0.05, 0.1) is 6.54 Å². The number of rotatable bonds is 17. The van der Waals surface area contributed by atoms with Crippen LogP contribution in [0.2, 0.25) is 0 Å². The van der Waals surface area contributed by atoms with Crippen LogP contribution in [-0.4, -0.2) is 37.3 Å². The molecule has 0 fully saturated rings. The standard InChI is InChI=1S/C17H36N2O2/c1-2-3-4-5-6-7-8-9-10-11-13-18-14-12-15-19-16-17(20)21/h18-19H,2-16H2,1H3,(H,20,21). The summed E-state index contributed by atoms with van der Waals surface area (Å²) in [7, 11) is 0. The van der Waals surface area contributed by atoms with Gasteiger partial charge in [0.25, 0.3) is 0 Å². The van der Waals surface area contributed by atoms with E-state index >= 15 is 0 Å². The summed E-state index contributed by atoms with van der Waals surface area (Å²) >= 11 is 0. The van der Waals surface area contributed by atoms with Crippen LogP contribution in [0.5, 0.6) is 0 Å². The molecule has 4 nitrogen and oxygen atoms in total. The first-order valence-corrected chi connectivity index (χ1v) is 8.90. The molecular weight excluding hydrogens is 264 g/mol. The summed E-state index contributed by atoms with van der Waals surface area (Å²) in [5, 5.41) is 14.8. The van der Waals surface area contributed by atoms with E-state index in [0.29, 0.717) is 0 Å². The van der Waals surface area contributed by atoms with Gasteiger partial charge in [-0.3, -0.25) is 4.79 Å². The lowest BCUT2D eigenvalue weighted by Crippen LogP contribution is -2.26. The first-order valence-electron chi connectivity index (χ1n) is 8.90. The van der Waals surface area contributed by atoms with Gasteiger partial charge in [0.2, 0.25) is 0 Å². The van der Waals surface area contributed by atoms with Gasteiger partial charge in [-0.1, -0.05) is 64.7 Å². The first-order chi connectivity index (χ1) is 10.3. The van der Waals surface area contributed by atoms with E-state index in [4.69, 9.17) is 5.11 Å². The van der Waals surface area contributed by atoms with Gasteiger partial charge in [-0.15, -0.1) is 0 Å². The molecule has 0 spiro atoms. The molecule has 0 aliphatic heterocycles. The topological polar surface area (TPSA) is 61.4 Å². The highest BCUT2D eigenvalue weighted by Crippen LogP contribution is 2.10. The van der Waals surface area contributed by atoms with Crippen LogP contribution in [0.15, 0.2) is 0 Å². The highest BCUT2D eigenvalue weighted by atomic mass is 16.4. The van der Waals surface area contributed by atoms with Crippen molar-refractivity contribution in [2.24, 2.45) is 0 Å². The number of carbonyl (C=O) groups is 1. The normalized spacial score (nSPS) is 10.9. The predicted molar refractivity (Wildman–Crippen MR) is 89.8 cm³/mol. The minimum atomic E-state index is -0.784. The van der Waals surface area contributed by atoms with Gasteiger partial charge < -0.3 is 15.7 Å². The molecule has 0 saturated carbocycles. The van der Waals surface area contributed by atoms with Crippen molar-refractivity contribution in [1.29, 1.82) is 0 Å². The van der Waals surface area contributed by atoms with E-state index in [9.17, 15) is 4.79 Å². The Morgan fingerprint density at radius 1 is 0.714 bits per heavy atom. The molecule has 126 valence electrons. The van der Waals surface area contributed by atoms with Crippen LogP contribution in [-0.2, 0) is 4.79 Å². The zero-order valence-electron chi connectivity index (χ0n) is 14.0. The molecule has 0 amide bonds. The maximum Gasteiger partial charge on any atom is 0.317 e. The SMILES string of the molecule is CCCCCCCCCCCCNCCCNCC(=O)O. The third-order valence-corrected chi connectivity index (χ3v) is 3.69. The van der Waals surface area contributed by atoms with Crippen molar-refractivity contribution in [3.05, 3.63) is 0 Å². The van der Waals surface area contributed by atoms with E-state index in [1.165, 1.54) is 64.2 Å². The Morgan fingerprint density at radius 3 is 1.76 bits per heavy atom. The van der Waals surface area contributed by atoms with E-state index in [0.717, 1.165) is 26.1 Å². The first kappa shape index (κ1) is 20.4. The Morgan fingerprint density at radius 2 is 1.19 bits per heavy atom. The van der Waals surface area contributed by atoms with Crippen LogP contribution in [0.4, 0.5) is 0 Å². The summed E-state index contributed by atoms with van der Waals surface area (Å²) in [5.41, 5.74) is 0. The second-order valence-corrected chi connectivity index (χ2v) is 5.86. The van der Waals surface area contributed by atoms with E-state index in [1.807, 2.05) is 0 Å². The number of hydrogen-bond donors (Lipinski definition) is 3. The number of nitrogens with one attached hydrogen (secondary N) is 2. The third-order valence-electron chi connectivity index (χ3n) is 3.69. The lowest BCUT2D eigenvalue weighted by molar-refractivity contribution is -0.135. The number of hydrogen-bond acceptors (Lipinski definition) is 3. The zero-order chi connectivity index (χ0) is 15.6. The fourth-order valence-corrected chi connectivity index (χ4v) is 2.40. The van der Waals surface area contributed by atoms with Crippen molar-refractivity contribution >= 4 is 5.97 Å². The minimum absolute atomic E-state index is 0.0679. The second kappa shape index (κ2) is 17.4.